The fourth-order valence-corrected chi connectivity index (χ4v) is 2.30. The Labute approximate surface area is 106 Å². The first-order chi connectivity index (χ1) is 8.58. The molecule has 0 aliphatic carbocycles. The molecule has 1 saturated heterocycles. The average Bonchev–Trinajstić information content (AvgIpc) is 2.91. The van der Waals surface area contributed by atoms with Crippen LogP contribution in [0.3, 0.4) is 0 Å². The van der Waals surface area contributed by atoms with Crippen LogP contribution in [0.2, 0.25) is 0 Å². The number of rotatable bonds is 4. The molecule has 2 rings (SSSR count). The average molecular weight is 254 g/mol. The van der Waals surface area contributed by atoms with Gasteiger partial charge in [-0.05, 0) is 19.9 Å². The molecule has 5 nitrogen and oxygen atoms in total. The molecule has 0 saturated carbocycles. The summed E-state index contributed by atoms with van der Waals surface area (Å²) in [4.78, 5) is 11.4. The zero-order valence-corrected chi connectivity index (χ0v) is 11.1. The minimum atomic E-state index is -0.327. The van der Waals surface area contributed by atoms with E-state index in [2.05, 4.69) is 0 Å². The standard InChI is InChI=1S/C13H18O5/c1-7(14)9-5-10(18-8(9)2)13-12(16-4)11(15-3)6-17-13/h5,11-13H,6H2,1-4H3/t11-,12-,13+/m1/s1. The number of ketones is 1. The van der Waals surface area contributed by atoms with Crippen molar-refractivity contribution in [1.82, 2.24) is 0 Å². The zero-order chi connectivity index (χ0) is 13.3. The van der Waals surface area contributed by atoms with Crippen molar-refractivity contribution in [3.63, 3.8) is 0 Å². The lowest BCUT2D eigenvalue weighted by molar-refractivity contribution is -0.0310. The third-order valence-electron chi connectivity index (χ3n) is 3.28. The van der Waals surface area contributed by atoms with Crippen LogP contribution in [-0.2, 0) is 14.2 Å². The summed E-state index contributed by atoms with van der Waals surface area (Å²) in [5.41, 5.74) is 0.587. The zero-order valence-electron chi connectivity index (χ0n) is 11.1. The second-order valence-corrected chi connectivity index (χ2v) is 4.40. The molecule has 0 bridgehead atoms. The lowest BCUT2D eigenvalue weighted by Crippen LogP contribution is -2.29. The van der Waals surface area contributed by atoms with Crippen LogP contribution in [0.15, 0.2) is 10.5 Å². The van der Waals surface area contributed by atoms with Crippen LogP contribution in [0.1, 0.15) is 34.9 Å². The third kappa shape index (κ3) is 2.21. The fourth-order valence-electron chi connectivity index (χ4n) is 2.30. The van der Waals surface area contributed by atoms with Gasteiger partial charge in [0, 0.05) is 14.2 Å². The molecule has 0 aromatic carbocycles. The molecule has 1 fully saturated rings. The second-order valence-electron chi connectivity index (χ2n) is 4.40. The van der Waals surface area contributed by atoms with Crippen molar-refractivity contribution < 1.29 is 23.4 Å². The van der Waals surface area contributed by atoms with Crippen LogP contribution in [0.25, 0.3) is 0 Å². The van der Waals surface area contributed by atoms with Gasteiger partial charge in [0.2, 0.25) is 0 Å². The Morgan fingerprint density at radius 2 is 2.11 bits per heavy atom. The number of Topliss-reactive ketones (excluding diaryl/α,β-unsaturated/α-hetero) is 1. The van der Waals surface area contributed by atoms with Crippen LogP contribution in [-0.4, -0.2) is 38.8 Å². The van der Waals surface area contributed by atoms with E-state index in [4.69, 9.17) is 18.6 Å². The van der Waals surface area contributed by atoms with Gasteiger partial charge in [0.25, 0.3) is 0 Å². The van der Waals surface area contributed by atoms with E-state index in [1.165, 1.54) is 6.92 Å². The van der Waals surface area contributed by atoms with E-state index in [1.807, 2.05) is 0 Å². The second kappa shape index (κ2) is 5.22. The van der Waals surface area contributed by atoms with Crippen LogP contribution < -0.4 is 0 Å². The van der Waals surface area contributed by atoms with Gasteiger partial charge in [0.1, 0.15) is 29.8 Å². The highest BCUT2D eigenvalue weighted by Crippen LogP contribution is 2.34. The van der Waals surface area contributed by atoms with Gasteiger partial charge >= 0.3 is 0 Å². The van der Waals surface area contributed by atoms with Crippen molar-refractivity contribution in [3.05, 3.63) is 23.2 Å². The van der Waals surface area contributed by atoms with Crippen LogP contribution in [0.4, 0.5) is 0 Å². The lowest BCUT2D eigenvalue weighted by atomic mass is 10.1. The molecule has 0 amide bonds. The van der Waals surface area contributed by atoms with Gasteiger partial charge in [-0.3, -0.25) is 4.79 Å². The molecule has 3 atom stereocenters. The Kier molecular flexibility index (Phi) is 3.85. The smallest absolute Gasteiger partial charge is 0.163 e. The molecule has 5 heteroatoms. The summed E-state index contributed by atoms with van der Waals surface area (Å²) in [6, 6.07) is 1.73. The summed E-state index contributed by atoms with van der Waals surface area (Å²) in [7, 11) is 3.23. The normalized spacial score (nSPS) is 27.7. The maximum atomic E-state index is 11.4. The summed E-state index contributed by atoms with van der Waals surface area (Å²) < 4.78 is 21.9. The summed E-state index contributed by atoms with van der Waals surface area (Å²) in [6.45, 7) is 3.74. The van der Waals surface area contributed by atoms with Crippen molar-refractivity contribution in [2.75, 3.05) is 20.8 Å². The van der Waals surface area contributed by atoms with E-state index < -0.39 is 0 Å². The maximum Gasteiger partial charge on any atom is 0.163 e. The minimum absolute atomic E-state index is 0.0160. The number of furan rings is 1. The van der Waals surface area contributed by atoms with Crippen LogP contribution >= 0.6 is 0 Å². The lowest BCUT2D eigenvalue weighted by Gasteiger charge is -2.18. The van der Waals surface area contributed by atoms with E-state index in [9.17, 15) is 4.79 Å². The van der Waals surface area contributed by atoms with Gasteiger partial charge in [0.15, 0.2) is 5.78 Å². The molecule has 0 radical (unpaired) electrons. The van der Waals surface area contributed by atoms with E-state index in [0.29, 0.717) is 23.7 Å². The van der Waals surface area contributed by atoms with Gasteiger partial charge < -0.3 is 18.6 Å². The van der Waals surface area contributed by atoms with E-state index >= 15 is 0 Å². The van der Waals surface area contributed by atoms with E-state index in [-0.39, 0.29) is 24.1 Å². The van der Waals surface area contributed by atoms with Crippen molar-refractivity contribution in [2.24, 2.45) is 0 Å². The first-order valence-electron chi connectivity index (χ1n) is 5.87. The minimum Gasteiger partial charge on any atom is -0.463 e. The summed E-state index contributed by atoms with van der Waals surface area (Å²) >= 11 is 0. The molecule has 18 heavy (non-hydrogen) atoms. The van der Waals surface area contributed by atoms with Crippen LogP contribution in [0, 0.1) is 6.92 Å². The summed E-state index contributed by atoms with van der Waals surface area (Å²) in [6.07, 6.45) is -0.668. The molecule has 2 heterocycles. The van der Waals surface area contributed by atoms with Gasteiger partial charge in [-0.15, -0.1) is 0 Å². The highest BCUT2D eigenvalue weighted by Gasteiger charge is 2.41. The fraction of sp³-hybridized carbons (Fsp3) is 0.615. The highest BCUT2D eigenvalue weighted by atomic mass is 16.6. The largest absolute Gasteiger partial charge is 0.463 e. The number of hydrogen-bond donors (Lipinski definition) is 0. The van der Waals surface area contributed by atoms with Crippen molar-refractivity contribution in [3.8, 4) is 0 Å². The Hall–Kier alpha value is -1.17. The molecule has 0 spiro atoms. The predicted octanol–water partition coefficient (Wildman–Crippen LogP) is 1.89. The molecule has 1 aromatic heterocycles. The van der Waals surface area contributed by atoms with Crippen molar-refractivity contribution >= 4 is 5.78 Å². The number of methoxy groups -OCH3 is 2. The van der Waals surface area contributed by atoms with E-state index in [1.54, 1.807) is 27.2 Å². The summed E-state index contributed by atoms with van der Waals surface area (Å²) in [5, 5.41) is 0. The van der Waals surface area contributed by atoms with Crippen molar-refractivity contribution in [1.29, 1.82) is 0 Å². The molecular formula is C13H18O5. The predicted molar refractivity (Wildman–Crippen MR) is 63.7 cm³/mol. The van der Waals surface area contributed by atoms with E-state index in [0.717, 1.165) is 0 Å². The van der Waals surface area contributed by atoms with Gasteiger partial charge in [-0.1, -0.05) is 0 Å². The molecule has 0 N–H and O–H groups in total. The Morgan fingerprint density at radius 1 is 1.39 bits per heavy atom. The third-order valence-corrected chi connectivity index (χ3v) is 3.28. The number of aryl methyl sites for hydroxylation is 1. The summed E-state index contributed by atoms with van der Waals surface area (Å²) in [5.74, 6) is 1.21. The highest BCUT2D eigenvalue weighted by molar-refractivity contribution is 5.95. The Balaban J connectivity index is 2.26. The molecule has 1 aliphatic heterocycles. The molecular weight excluding hydrogens is 236 g/mol. The molecule has 1 aliphatic rings. The topological polar surface area (TPSA) is 57.9 Å². The first-order valence-corrected chi connectivity index (χ1v) is 5.87. The SMILES string of the molecule is CO[C@@H]1[C@H](OC)CO[C@H]1c1cc(C(C)=O)c(C)o1. The Morgan fingerprint density at radius 3 is 2.61 bits per heavy atom. The molecule has 0 unspecified atom stereocenters. The molecule has 100 valence electrons. The molecule has 1 aromatic rings. The van der Waals surface area contributed by atoms with Crippen molar-refractivity contribution in [2.45, 2.75) is 32.2 Å². The van der Waals surface area contributed by atoms with Gasteiger partial charge in [-0.25, -0.2) is 0 Å². The van der Waals surface area contributed by atoms with Gasteiger partial charge in [0.05, 0.1) is 12.2 Å². The quantitative estimate of drug-likeness (QED) is 0.768. The number of carbonyl (C=O) groups is 1. The number of hydrogen-bond acceptors (Lipinski definition) is 5. The number of carbonyl (C=O) groups excluding carboxylic acids is 1. The Bertz CT molecular complexity index is 437. The maximum absolute atomic E-state index is 11.4. The first kappa shape index (κ1) is 13.3. The monoisotopic (exact) mass is 254 g/mol. The van der Waals surface area contributed by atoms with Crippen LogP contribution in [0.5, 0.6) is 0 Å². The van der Waals surface area contributed by atoms with Gasteiger partial charge in [-0.2, -0.15) is 0 Å². The number of ether oxygens (including phenoxy) is 3.